The first-order valence-electron chi connectivity index (χ1n) is 9.36. The van der Waals surface area contributed by atoms with Crippen molar-refractivity contribution < 1.29 is 22.6 Å². The monoisotopic (exact) mass is 386 g/mol. The Balaban J connectivity index is 1.72. The number of thiophene rings is 1. The number of ether oxygens (including phenoxy) is 2. The number of hydrogen-bond acceptors (Lipinski definition) is 3. The predicted molar refractivity (Wildman–Crippen MR) is 98.9 cm³/mol. The molecule has 1 aliphatic carbocycles. The highest BCUT2D eigenvalue weighted by atomic mass is 32.1. The fraction of sp³-hybridized carbons (Fsp3) is 0.600. The van der Waals surface area contributed by atoms with Gasteiger partial charge in [0.2, 0.25) is 0 Å². The van der Waals surface area contributed by atoms with Crippen LogP contribution in [0.25, 0.3) is 10.1 Å². The summed E-state index contributed by atoms with van der Waals surface area (Å²) < 4.78 is 54.2. The molecule has 1 aromatic carbocycles. The van der Waals surface area contributed by atoms with Gasteiger partial charge in [-0.25, -0.2) is 4.39 Å². The van der Waals surface area contributed by atoms with E-state index in [0.717, 1.165) is 37.0 Å². The fourth-order valence-corrected chi connectivity index (χ4v) is 4.73. The number of hydrogen-bond donors (Lipinski definition) is 0. The van der Waals surface area contributed by atoms with Gasteiger partial charge in [0.15, 0.2) is 16.6 Å². The van der Waals surface area contributed by atoms with E-state index < -0.39 is 17.8 Å². The van der Waals surface area contributed by atoms with E-state index in [1.165, 1.54) is 12.1 Å². The molecule has 1 saturated carbocycles. The molecule has 0 radical (unpaired) electrons. The number of rotatable bonds is 7. The van der Waals surface area contributed by atoms with E-state index >= 15 is 0 Å². The van der Waals surface area contributed by atoms with E-state index in [1.54, 1.807) is 13.0 Å². The van der Waals surface area contributed by atoms with Gasteiger partial charge in [-0.2, -0.15) is 8.78 Å². The zero-order valence-electron chi connectivity index (χ0n) is 15.2. The van der Waals surface area contributed by atoms with Crippen molar-refractivity contribution in [2.45, 2.75) is 58.5 Å². The van der Waals surface area contributed by atoms with Crippen molar-refractivity contribution in [2.24, 2.45) is 11.8 Å². The highest BCUT2D eigenvalue weighted by molar-refractivity contribution is 7.20. The Morgan fingerprint density at radius 2 is 1.88 bits per heavy atom. The summed E-state index contributed by atoms with van der Waals surface area (Å²) in [6.07, 6.45) is 1.59. The Morgan fingerprint density at radius 1 is 1.15 bits per heavy atom. The van der Waals surface area contributed by atoms with Crippen LogP contribution in [0.15, 0.2) is 18.2 Å². The maximum absolute atomic E-state index is 14.6. The molecule has 2 nitrogen and oxygen atoms in total. The molecular weight excluding hydrogens is 361 g/mol. The van der Waals surface area contributed by atoms with Crippen molar-refractivity contribution in [1.29, 1.82) is 0 Å². The van der Waals surface area contributed by atoms with Crippen LogP contribution in [-0.4, -0.2) is 12.7 Å². The molecule has 1 aromatic heterocycles. The lowest BCUT2D eigenvalue weighted by Crippen LogP contribution is -2.37. The first kappa shape index (κ1) is 19.3. The molecule has 2 aromatic rings. The Hall–Kier alpha value is -1.43. The van der Waals surface area contributed by atoms with E-state index in [1.807, 2.05) is 0 Å². The van der Waals surface area contributed by atoms with Gasteiger partial charge in [-0.15, -0.1) is 0 Å². The molecule has 0 unspecified atom stereocenters. The van der Waals surface area contributed by atoms with Gasteiger partial charge in [0.05, 0.1) is 17.2 Å². The van der Waals surface area contributed by atoms with Crippen LogP contribution in [0.1, 0.15) is 52.4 Å². The third-order valence-corrected chi connectivity index (χ3v) is 6.15. The second-order valence-electron chi connectivity index (χ2n) is 6.96. The molecule has 26 heavy (non-hydrogen) atoms. The Bertz CT molecular complexity index is 736. The van der Waals surface area contributed by atoms with Crippen molar-refractivity contribution >= 4 is 21.4 Å². The fourth-order valence-electron chi connectivity index (χ4n) is 3.76. The predicted octanol–water partition coefficient (Wildman–Crippen LogP) is 7.02. The lowest BCUT2D eigenvalue weighted by molar-refractivity contribution is -0.222. The quantitative estimate of drug-likeness (QED) is 0.509. The van der Waals surface area contributed by atoms with Crippen LogP contribution in [0.3, 0.4) is 0 Å². The highest BCUT2D eigenvalue weighted by Gasteiger charge is 2.44. The average molecular weight is 386 g/mol. The lowest BCUT2D eigenvalue weighted by atomic mass is 9.79. The van der Waals surface area contributed by atoms with Crippen LogP contribution in [0.4, 0.5) is 13.2 Å². The number of halogens is 3. The number of fused-ring (bicyclic) bond motifs is 1. The summed E-state index contributed by atoms with van der Waals surface area (Å²) in [6.45, 7) is 4.24. The normalized spacial score (nSPS) is 21.1. The molecule has 0 aliphatic heterocycles. The van der Waals surface area contributed by atoms with Gasteiger partial charge < -0.3 is 9.47 Å². The third-order valence-electron chi connectivity index (χ3n) is 5.12. The van der Waals surface area contributed by atoms with E-state index in [9.17, 15) is 13.2 Å². The van der Waals surface area contributed by atoms with E-state index in [-0.39, 0.29) is 15.5 Å². The first-order chi connectivity index (χ1) is 12.4. The third kappa shape index (κ3) is 4.11. The Labute approximate surface area is 156 Å². The van der Waals surface area contributed by atoms with Crippen LogP contribution in [0.2, 0.25) is 0 Å². The topological polar surface area (TPSA) is 18.5 Å². The molecule has 1 fully saturated rings. The van der Waals surface area contributed by atoms with Crippen LogP contribution in [0.5, 0.6) is 10.8 Å². The van der Waals surface area contributed by atoms with Crippen molar-refractivity contribution in [3.05, 3.63) is 24.0 Å². The summed E-state index contributed by atoms with van der Waals surface area (Å²) in [6, 6.07) is 4.67. The van der Waals surface area contributed by atoms with Gasteiger partial charge in [-0.1, -0.05) is 31.1 Å². The first-order valence-corrected chi connectivity index (χ1v) is 10.2. The van der Waals surface area contributed by atoms with Crippen molar-refractivity contribution in [2.75, 3.05) is 6.61 Å². The summed E-state index contributed by atoms with van der Waals surface area (Å²) in [5, 5.41) is 0.599. The summed E-state index contributed by atoms with van der Waals surface area (Å²) in [7, 11) is 0. The largest absolute Gasteiger partial charge is 0.491 e. The standard InChI is InChI=1S/C20H25F3O2S/c1-3-5-13-6-9-15(10-7-13)20(22,23)25-17-12-14-8-11-16(24-4-2)18(21)19(14)26-17/h8,11-13,15H,3-7,9-10H2,1-2H3. The van der Waals surface area contributed by atoms with Crippen LogP contribution >= 0.6 is 11.3 Å². The molecule has 6 heteroatoms. The Morgan fingerprint density at radius 3 is 2.54 bits per heavy atom. The minimum Gasteiger partial charge on any atom is -0.491 e. The van der Waals surface area contributed by atoms with Gasteiger partial charge in [0.25, 0.3) is 0 Å². The second-order valence-corrected chi connectivity index (χ2v) is 7.98. The smallest absolute Gasteiger partial charge is 0.401 e. The molecule has 1 heterocycles. The summed E-state index contributed by atoms with van der Waals surface area (Å²) >= 11 is 0.906. The zero-order valence-corrected chi connectivity index (χ0v) is 16.0. The zero-order chi connectivity index (χ0) is 18.7. The van der Waals surface area contributed by atoms with Gasteiger partial charge in [0, 0.05) is 0 Å². The van der Waals surface area contributed by atoms with Gasteiger partial charge >= 0.3 is 6.11 Å². The van der Waals surface area contributed by atoms with E-state index in [0.29, 0.717) is 30.8 Å². The average Bonchev–Trinajstić information content (AvgIpc) is 3.01. The molecule has 0 atom stereocenters. The number of alkyl halides is 2. The van der Waals surface area contributed by atoms with Crippen molar-refractivity contribution in [3.8, 4) is 10.8 Å². The Kier molecular flexibility index (Phi) is 6.00. The molecule has 1 aliphatic rings. The molecular formula is C20H25F3O2S. The molecule has 3 rings (SSSR count). The summed E-state index contributed by atoms with van der Waals surface area (Å²) in [5.74, 6) is -0.603. The van der Waals surface area contributed by atoms with Crippen LogP contribution in [-0.2, 0) is 0 Å². The molecule has 144 valence electrons. The van der Waals surface area contributed by atoms with Crippen LogP contribution < -0.4 is 9.47 Å². The molecule has 0 amide bonds. The number of benzene rings is 1. The SMILES string of the molecule is CCCC1CCC(C(F)(F)Oc2cc3ccc(OCC)c(F)c3s2)CC1. The van der Waals surface area contributed by atoms with Gasteiger partial charge in [-0.05, 0) is 62.1 Å². The molecule has 0 spiro atoms. The molecule has 0 N–H and O–H groups in total. The minimum atomic E-state index is -3.22. The molecule has 0 bridgehead atoms. The highest BCUT2D eigenvalue weighted by Crippen LogP contribution is 2.44. The van der Waals surface area contributed by atoms with Crippen molar-refractivity contribution in [1.82, 2.24) is 0 Å². The molecule has 0 saturated heterocycles. The minimum absolute atomic E-state index is 0.0493. The van der Waals surface area contributed by atoms with Gasteiger partial charge in [-0.3, -0.25) is 0 Å². The van der Waals surface area contributed by atoms with E-state index in [2.05, 4.69) is 6.92 Å². The lowest BCUT2D eigenvalue weighted by Gasteiger charge is -2.32. The maximum atomic E-state index is 14.6. The summed E-state index contributed by atoms with van der Waals surface area (Å²) in [5.41, 5.74) is 0. The van der Waals surface area contributed by atoms with E-state index in [4.69, 9.17) is 9.47 Å². The maximum Gasteiger partial charge on any atom is 0.401 e. The second kappa shape index (κ2) is 8.07. The van der Waals surface area contributed by atoms with Gasteiger partial charge in [0.1, 0.15) is 0 Å². The van der Waals surface area contributed by atoms with Crippen molar-refractivity contribution in [3.63, 3.8) is 0 Å². The summed E-state index contributed by atoms with van der Waals surface area (Å²) in [4.78, 5) is 0. The van der Waals surface area contributed by atoms with Crippen LogP contribution in [0, 0.1) is 17.7 Å².